The number of aromatic nitrogens is 2. The number of hydrogen-bond acceptors (Lipinski definition) is 6. The van der Waals surface area contributed by atoms with Crippen LogP contribution in [0.25, 0.3) is 0 Å². The first-order valence-corrected chi connectivity index (χ1v) is 10.5. The van der Waals surface area contributed by atoms with Crippen LogP contribution in [-0.2, 0) is 17.9 Å². The van der Waals surface area contributed by atoms with Crippen LogP contribution in [0.2, 0.25) is 0 Å². The van der Waals surface area contributed by atoms with Gasteiger partial charge in [0.25, 0.3) is 11.1 Å². The monoisotopic (exact) mass is 411 g/mol. The average molecular weight is 412 g/mol. The first kappa shape index (κ1) is 20.9. The third kappa shape index (κ3) is 6.09. The first-order chi connectivity index (χ1) is 14.0. The van der Waals surface area contributed by atoms with Crippen LogP contribution >= 0.6 is 11.8 Å². The number of ether oxygens (including phenoxy) is 1. The Hall–Kier alpha value is -2.80. The lowest BCUT2D eigenvalue weighted by atomic mass is 10.1. The molecule has 0 saturated heterocycles. The van der Waals surface area contributed by atoms with Crippen molar-refractivity contribution in [2.45, 2.75) is 39.1 Å². The van der Waals surface area contributed by atoms with E-state index in [1.54, 1.807) is 0 Å². The minimum absolute atomic E-state index is 0.0349. The van der Waals surface area contributed by atoms with Crippen molar-refractivity contribution in [2.24, 2.45) is 0 Å². The van der Waals surface area contributed by atoms with Crippen LogP contribution in [0.15, 0.2) is 58.2 Å². The molecule has 29 heavy (non-hydrogen) atoms. The van der Waals surface area contributed by atoms with Crippen LogP contribution in [0.3, 0.4) is 0 Å². The summed E-state index contributed by atoms with van der Waals surface area (Å²) >= 11 is 1.24. The summed E-state index contributed by atoms with van der Waals surface area (Å²) in [6.07, 6.45) is 0. The topological polar surface area (TPSA) is 68.5 Å². The number of amides is 1. The Labute approximate surface area is 175 Å². The van der Waals surface area contributed by atoms with Gasteiger partial charge in [-0.15, -0.1) is 10.2 Å². The second kappa shape index (κ2) is 10.1. The highest BCUT2D eigenvalue weighted by Crippen LogP contribution is 2.22. The Morgan fingerprint density at radius 2 is 1.93 bits per heavy atom. The van der Waals surface area contributed by atoms with Crippen molar-refractivity contribution in [3.63, 3.8) is 0 Å². The van der Waals surface area contributed by atoms with E-state index in [1.165, 1.54) is 11.8 Å². The summed E-state index contributed by atoms with van der Waals surface area (Å²) in [5.41, 5.74) is 3.28. The van der Waals surface area contributed by atoms with Crippen LogP contribution in [-0.4, -0.2) is 33.3 Å². The van der Waals surface area contributed by atoms with Crippen LogP contribution in [0.4, 0.5) is 0 Å². The molecule has 1 aromatic heterocycles. The van der Waals surface area contributed by atoms with E-state index in [0.717, 1.165) is 22.4 Å². The molecule has 0 saturated carbocycles. The number of hydrogen-bond donors (Lipinski definition) is 0. The molecule has 0 aliphatic rings. The smallest absolute Gasteiger partial charge is 0.277 e. The molecule has 2 aromatic carbocycles. The summed E-state index contributed by atoms with van der Waals surface area (Å²) < 4.78 is 11.4. The van der Waals surface area contributed by atoms with Crippen molar-refractivity contribution < 1.29 is 13.9 Å². The summed E-state index contributed by atoms with van der Waals surface area (Å²) in [6, 6.07) is 16.0. The third-order valence-corrected chi connectivity index (χ3v) is 5.22. The van der Waals surface area contributed by atoms with Gasteiger partial charge < -0.3 is 14.1 Å². The summed E-state index contributed by atoms with van der Waals surface area (Å²) in [5, 5.41) is 8.38. The van der Waals surface area contributed by atoms with Crippen molar-refractivity contribution in [1.29, 1.82) is 0 Å². The maximum atomic E-state index is 12.5. The first-order valence-electron chi connectivity index (χ1n) is 9.52. The summed E-state index contributed by atoms with van der Waals surface area (Å²) in [7, 11) is 0. The van der Waals surface area contributed by atoms with E-state index >= 15 is 0 Å². The maximum Gasteiger partial charge on any atom is 0.277 e. The lowest BCUT2D eigenvalue weighted by Crippen LogP contribution is -2.31. The molecule has 1 heterocycles. The fourth-order valence-electron chi connectivity index (χ4n) is 2.75. The zero-order chi connectivity index (χ0) is 20.6. The molecular formula is C22H25N3O3S. The average Bonchev–Trinajstić information content (AvgIpc) is 3.19. The Balaban J connectivity index is 1.50. The van der Waals surface area contributed by atoms with E-state index in [9.17, 15) is 4.79 Å². The lowest BCUT2D eigenvalue weighted by Gasteiger charge is -2.20. The zero-order valence-electron chi connectivity index (χ0n) is 16.9. The molecule has 6 nitrogen and oxygen atoms in total. The number of rotatable bonds is 9. The number of thioether (sulfide) groups is 1. The van der Waals surface area contributed by atoms with E-state index < -0.39 is 0 Å². The second-order valence-corrected chi connectivity index (χ2v) is 7.63. The fourth-order valence-corrected chi connectivity index (χ4v) is 3.44. The highest BCUT2D eigenvalue weighted by molar-refractivity contribution is 7.99. The minimum Gasteiger partial charge on any atom is -0.484 e. The Kier molecular flexibility index (Phi) is 7.30. The molecule has 0 fully saturated rings. The van der Waals surface area contributed by atoms with Gasteiger partial charge in [-0.05, 0) is 43.5 Å². The molecule has 0 N–H and O–H groups in total. The molecule has 1 amide bonds. The second-order valence-electron chi connectivity index (χ2n) is 6.70. The van der Waals surface area contributed by atoms with Crippen LogP contribution in [0.1, 0.15) is 29.5 Å². The Morgan fingerprint density at radius 3 is 2.69 bits per heavy atom. The molecular weight excluding hydrogens is 386 g/mol. The standard InChI is InChI=1S/C22H25N3O3S/c1-4-25(13-18-8-6-5-7-9-18)21(26)15-29-22-24-23-20(28-22)14-27-19-12-16(2)10-11-17(19)3/h5-12H,4,13-15H2,1-3H3. The van der Waals surface area contributed by atoms with Gasteiger partial charge in [0.05, 0.1) is 5.75 Å². The number of carbonyl (C=O) groups excluding carboxylic acids is 1. The van der Waals surface area contributed by atoms with E-state index in [0.29, 0.717) is 24.2 Å². The maximum absolute atomic E-state index is 12.5. The SMILES string of the molecule is CCN(Cc1ccccc1)C(=O)CSc1nnc(COc2cc(C)ccc2C)o1. The quantitative estimate of drug-likeness (QED) is 0.486. The predicted molar refractivity (Wildman–Crippen MR) is 113 cm³/mol. The van der Waals surface area contributed by atoms with Crippen molar-refractivity contribution in [3.05, 3.63) is 71.1 Å². The van der Waals surface area contributed by atoms with Gasteiger partial charge in [0.1, 0.15) is 5.75 Å². The largest absolute Gasteiger partial charge is 0.484 e. The number of benzene rings is 2. The van der Waals surface area contributed by atoms with Gasteiger partial charge >= 0.3 is 0 Å². The summed E-state index contributed by atoms with van der Waals surface area (Å²) in [4.78, 5) is 14.3. The van der Waals surface area contributed by atoms with Gasteiger partial charge in [-0.1, -0.05) is 54.2 Å². The normalized spacial score (nSPS) is 10.7. The molecule has 0 radical (unpaired) electrons. The van der Waals surface area contributed by atoms with E-state index in [1.807, 2.05) is 74.2 Å². The van der Waals surface area contributed by atoms with Gasteiger partial charge in [-0.3, -0.25) is 4.79 Å². The molecule has 0 atom stereocenters. The van der Waals surface area contributed by atoms with Gasteiger partial charge in [-0.25, -0.2) is 0 Å². The minimum atomic E-state index is 0.0349. The van der Waals surface area contributed by atoms with Gasteiger partial charge in [-0.2, -0.15) is 0 Å². The number of carbonyl (C=O) groups is 1. The molecule has 0 spiro atoms. The van der Waals surface area contributed by atoms with Crippen LogP contribution in [0.5, 0.6) is 5.75 Å². The van der Waals surface area contributed by atoms with Crippen molar-refractivity contribution in [2.75, 3.05) is 12.3 Å². The number of aryl methyl sites for hydroxylation is 2. The fraction of sp³-hybridized carbons (Fsp3) is 0.318. The third-order valence-electron chi connectivity index (χ3n) is 4.41. The molecule has 3 rings (SSSR count). The van der Waals surface area contributed by atoms with Gasteiger partial charge in [0.15, 0.2) is 6.61 Å². The molecule has 0 aliphatic carbocycles. The molecule has 0 bridgehead atoms. The Morgan fingerprint density at radius 1 is 1.14 bits per heavy atom. The number of nitrogens with zero attached hydrogens (tertiary/aromatic N) is 3. The van der Waals surface area contributed by atoms with Crippen LogP contribution in [0, 0.1) is 13.8 Å². The van der Waals surface area contributed by atoms with Crippen LogP contribution < -0.4 is 4.74 Å². The zero-order valence-corrected chi connectivity index (χ0v) is 17.7. The van der Waals surface area contributed by atoms with E-state index in [-0.39, 0.29) is 18.3 Å². The van der Waals surface area contributed by atoms with E-state index in [2.05, 4.69) is 10.2 Å². The predicted octanol–water partition coefficient (Wildman–Crippen LogP) is 4.41. The highest BCUT2D eigenvalue weighted by atomic mass is 32.2. The van der Waals surface area contributed by atoms with Crippen molar-refractivity contribution >= 4 is 17.7 Å². The summed E-state index contributed by atoms with van der Waals surface area (Å²) in [5.74, 6) is 1.47. The van der Waals surface area contributed by atoms with Crippen molar-refractivity contribution in [1.82, 2.24) is 15.1 Å². The van der Waals surface area contributed by atoms with E-state index in [4.69, 9.17) is 9.15 Å². The van der Waals surface area contributed by atoms with Gasteiger partial charge in [0.2, 0.25) is 5.91 Å². The lowest BCUT2D eigenvalue weighted by molar-refractivity contribution is -0.128. The van der Waals surface area contributed by atoms with Crippen molar-refractivity contribution in [3.8, 4) is 5.75 Å². The molecule has 3 aromatic rings. The molecule has 7 heteroatoms. The Bertz CT molecular complexity index is 943. The molecule has 0 aliphatic heterocycles. The summed E-state index contributed by atoms with van der Waals surface area (Å²) in [6.45, 7) is 7.41. The molecule has 0 unspecified atom stereocenters. The highest BCUT2D eigenvalue weighted by Gasteiger charge is 2.15. The van der Waals surface area contributed by atoms with Gasteiger partial charge in [0, 0.05) is 13.1 Å². The molecule has 152 valence electrons.